The molecule has 11 heteroatoms. The van der Waals surface area contributed by atoms with Gasteiger partial charge in [-0.15, -0.1) is 0 Å². The van der Waals surface area contributed by atoms with Crippen LogP contribution in [0.5, 0.6) is 5.75 Å². The summed E-state index contributed by atoms with van der Waals surface area (Å²) < 4.78 is 34.5. The van der Waals surface area contributed by atoms with Gasteiger partial charge in [0.25, 0.3) is 10.0 Å². The highest BCUT2D eigenvalue weighted by molar-refractivity contribution is 7.92. The molecule has 0 saturated heterocycles. The van der Waals surface area contributed by atoms with Gasteiger partial charge in [0, 0.05) is 29.1 Å². The van der Waals surface area contributed by atoms with Gasteiger partial charge in [-0.25, -0.2) is 8.42 Å². The average Bonchev–Trinajstić information content (AvgIpc) is 3.06. The van der Waals surface area contributed by atoms with Crippen molar-refractivity contribution in [3.05, 3.63) is 124 Å². The maximum Gasteiger partial charge on any atom is 0.264 e. The molecule has 1 N–H and O–H groups in total. The van der Waals surface area contributed by atoms with Crippen molar-refractivity contribution in [1.82, 2.24) is 10.2 Å². The van der Waals surface area contributed by atoms with Crippen LogP contribution in [0.3, 0.4) is 0 Å². The number of rotatable bonds is 14. The SMILES string of the molecule is CCC(C)NC(=O)C(Cc1ccccc1)N(Cc1ccc(Cl)cc1Cl)C(=O)CN(c1ccc(OC)cc1)S(=O)(=O)c1ccccc1. The summed E-state index contributed by atoms with van der Waals surface area (Å²) in [7, 11) is -2.71. The lowest BCUT2D eigenvalue weighted by atomic mass is 10.0. The van der Waals surface area contributed by atoms with Gasteiger partial charge >= 0.3 is 0 Å². The van der Waals surface area contributed by atoms with Crippen molar-refractivity contribution in [3.8, 4) is 5.75 Å². The Bertz CT molecular complexity index is 1720. The number of methoxy groups -OCH3 is 1. The Balaban J connectivity index is 1.82. The van der Waals surface area contributed by atoms with Crippen LogP contribution in [0.15, 0.2) is 108 Å². The molecule has 0 saturated carbocycles. The Morgan fingerprint density at radius 1 is 0.891 bits per heavy atom. The Morgan fingerprint density at radius 3 is 2.11 bits per heavy atom. The Labute approximate surface area is 280 Å². The van der Waals surface area contributed by atoms with Crippen LogP contribution in [0.2, 0.25) is 10.0 Å². The van der Waals surface area contributed by atoms with E-state index in [1.165, 1.54) is 24.1 Å². The van der Waals surface area contributed by atoms with Crippen LogP contribution in [0.1, 0.15) is 31.4 Å². The molecule has 0 fully saturated rings. The number of hydrogen-bond donors (Lipinski definition) is 1. The van der Waals surface area contributed by atoms with Crippen LogP contribution in [0.4, 0.5) is 5.69 Å². The number of nitrogens with one attached hydrogen (secondary N) is 1. The van der Waals surface area contributed by atoms with Gasteiger partial charge in [-0.1, -0.05) is 84.7 Å². The zero-order chi connectivity index (χ0) is 33.3. The summed E-state index contributed by atoms with van der Waals surface area (Å²) in [5.41, 5.74) is 1.64. The van der Waals surface area contributed by atoms with Gasteiger partial charge in [0.15, 0.2) is 0 Å². The molecule has 0 aliphatic carbocycles. The maximum absolute atomic E-state index is 14.5. The van der Waals surface area contributed by atoms with E-state index in [9.17, 15) is 18.0 Å². The third-order valence-electron chi connectivity index (χ3n) is 7.60. The number of carbonyl (C=O) groups excluding carboxylic acids is 2. The van der Waals surface area contributed by atoms with Gasteiger partial charge in [-0.05, 0) is 73.0 Å². The van der Waals surface area contributed by atoms with E-state index < -0.39 is 28.5 Å². The molecule has 2 unspecified atom stereocenters. The number of sulfonamides is 1. The van der Waals surface area contributed by atoms with Crippen molar-refractivity contribution in [2.45, 2.75) is 50.2 Å². The van der Waals surface area contributed by atoms with Gasteiger partial charge < -0.3 is 15.0 Å². The number of carbonyl (C=O) groups is 2. The monoisotopic (exact) mass is 681 g/mol. The van der Waals surface area contributed by atoms with Crippen LogP contribution in [-0.4, -0.2) is 50.9 Å². The number of benzene rings is 4. The normalized spacial score (nSPS) is 12.5. The highest BCUT2D eigenvalue weighted by Gasteiger charge is 2.35. The summed E-state index contributed by atoms with van der Waals surface area (Å²) in [4.78, 5) is 29.9. The molecule has 242 valence electrons. The fraction of sp³-hybridized carbons (Fsp3) is 0.257. The van der Waals surface area contributed by atoms with Gasteiger partial charge in [0.1, 0.15) is 18.3 Å². The summed E-state index contributed by atoms with van der Waals surface area (Å²) in [5, 5.41) is 3.75. The van der Waals surface area contributed by atoms with E-state index in [4.69, 9.17) is 27.9 Å². The molecule has 0 aromatic heterocycles. The number of anilines is 1. The smallest absolute Gasteiger partial charge is 0.264 e. The van der Waals surface area contributed by atoms with Crippen molar-refractivity contribution < 1.29 is 22.7 Å². The third-order valence-corrected chi connectivity index (χ3v) is 9.97. The second-order valence-corrected chi connectivity index (χ2v) is 13.5. The lowest BCUT2D eigenvalue weighted by Gasteiger charge is -2.34. The highest BCUT2D eigenvalue weighted by Crippen LogP contribution is 2.28. The molecule has 4 aromatic rings. The van der Waals surface area contributed by atoms with Gasteiger partial charge in [0.05, 0.1) is 17.7 Å². The summed E-state index contributed by atoms with van der Waals surface area (Å²) in [6.45, 7) is 3.19. The van der Waals surface area contributed by atoms with Gasteiger partial charge in [-0.3, -0.25) is 13.9 Å². The van der Waals surface area contributed by atoms with Crippen molar-refractivity contribution in [2.24, 2.45) is 0 Å². The first-order valence-electron chi connectivity index (χ1n) is 14.8. The fourth-order valence-electron chi connectivity index (χ4n) is 4.83. The number of nitrogens with zero attached hydrogens (tertiary/aromatic N) is 2. The first-order chi connectivity index (χ1) is 22.0. The van der Waals surface area contributed by atoms with Crippen LogP contribution in [0.25, 0.3) is 0 Å². The second kappa shape index (κ2) is 16.0. The predicted molar refractivity (Wildman–Crippen MR) is 183 cm³/mol. The Kier molecular flexibility index (Phi) is 12.1. The van der Waals surface area contributed by atoms with Crippen molar-refractivity contribution in [2.75, 3.05) is 18.0 Å². The minimum Gasteiger partial charge on any atom is -0.497 e. The van der Waals surface area contributed by atoms with E-state index in [0.717, 1.165) is 9.87 Å². The minimum absolute atomic E-state index is 0.0151. The topological polar surface area (TPSA) is 96.0 Å². The molecule has 4 aromatic carbocycles. The van der Waals surface area contributed by atoms with Gasteiger partial charge in [0.2, 0.25) is 11.8 Å². The molecule has 4 rings (SSSR count). The standard InChI is InChI=1S/C35H37Cl2N3O5S/c1-4-25(2)38-35(42)33(21-26-11-7-5-8-12-26)39(23-27-15-16-28(36)22-32(27)37)34(41)24-40(29-17-19-30(45-3)20-18-29)46(43,44)31-13-9-6-10-14-31/h5-20,22,25,33H,4,21,23-24H2,1-3H3,(H,38,42). The lowest BCUT2D eigenvalue weighted by molar-refractivity contribution is -0.140. The predicted octanol–water partition coefficient (Wildman–Crippen LogP) is 6.75. The number of hydrogen-bond acceptors (Lipinski definition) is 5. The molecule has 0 aliphatic heterocycles. The molecular formula is C35H37Cl2N3O5S. The molecule has 0 spiro atoms. The molecule has 8 nitrogen and oxygen atoms in total. The van der Waals surface area contributed by atoms with Crippen molar-refractivity contribution in [3.63, 3.8) is 0 Å². The van der Waals surface area contributed by atoms with E-state index in [2.05, 4.69) is 5.32 Å². The van der Waals surface area contributed by atoms with Crippen molar-refractivity contribution in [1.29, 1.82) is 0 Å². The number of halogens is 2. The minimum atomic E-state index is -4.22. The summed E-state index contributed by atoms with van der Waals surface area (Å²) in [5.74, 6) is -0.434. The van der Waals surface area contributed by atoms with E-state index in [-0.39, 0.29) is 35.5 Å². The van der Waals surface area contributed by atoms with E-state index in [1.807, 2.05) is 44.2 Å². The zero-order valence-corrected chi connectivity index (χ0v) is 28.2. The summed E-state index contributed by atoms with van der Waals surface area (Å²) >= 11 is 12.7. The molecule has 2 amide bonds. The first kappa shape index (κ1) is 34.8. The summed E-state index contributed by atoms with van der Waals surface area (Å²) in [6, 6.07) is 27.4. The Hall–Kier alpha value is -4.05. The van der Waals surface area contributed by atoms with E-state index in [0.29, 0.717) is 27.8 Å². The molecule has 46 heavy (non-hydrogen) atoms. The van der Waals surface area contributed by atoms with Crippen LogP contribution < -0.4 is 14.4 Å². The highest BCUT2D eigenvalue weighted by atomic mass is 35.5. The number of amides is 2. The third kappa shape index (κ3) is 8.81. The van der Waals surface area contributed by atoms with Crippen LogP contribution in [-0.2, 0) is 32.6 Å². The molecule has 0 aliphatic rings. The second-order valence-electron chi connectivity index (χ2n) is 10.8. The average molecular weight is 683 g/mol. The molecule has 0 radical (unpaired) electrons. The number of ether oxygens (including phenoxy) is 1. The molecule has 0 bridgehead atoms. The quantitative estimate of drug-likeness (QED) is 0.159. The summed E-state index contributed by atoms with van der Waals surface area (Å²) in [6.07, 6.45) is 0.870. The molecule has 0 heterocycles. The van der Waals surface area contributed by atoms with Crippen LogP contribution in [0, 0.1) is 0 Å². The molecule has 2 atom stereocenters. The Morgan fingerprint density at radius 2 is 1.52 bits per heavy atom. The lowest BCUT2D eigenvalue weighted by Crippen LogP contribution is -2.54. The van der Waals surface area contributed by atoms with E-state index in [1.54, 1.807) is 60.7 Å². The molecular weight excluding hydrogens is 645 g/mol. The van der Waals surface area contributed by atoms with Gasteiger partial charge in [-0.2, -0.15) is 0 Å². The van der Waals surface area contributed by atoms with E-state index >= 15 is 0 Å². The van der Waals surface area contributed by atoms with Crippen LogP contribution >= 0.6 is 23.2 Å². The largest absolute Gasteiger partial charge is 0.497 e. The maximum atomic E-state index is 14.5. The van der Waals surface area contributed by atoms with Crippen molar-refractivity contribution >= 4 is 50.7 Å². The zero-order valence-electron chi connectivity index (χ0n) is 25.9. The first-order valence-corrected chi connectivity index (χ1v) is 17.0. The fourth-order valence-corrected chi connectivity index (χ4v) is 6.73.